The van der Waals surface area contributed by atoms with Gasteiger partial charge in [0.05, 0.1) is 12.2 Å². The van der Waals surface area contributed by atoms with Crippen LogP contribution in [0.4, 0.5) is 0 Å². The fourth-order valence-electron chi connectivity index (χ4n) is 3.25. The molecule has 1 amide bonds. The Morgan fingerprint density at radius 3 is 2.67 bits per heavy atom. The standard InChI is InChI=1S/C22H22ClN5O2/c1-15-10-18(11-16(2)21(15)23)30-14-28-9-7-19(25-28)22(29)26(3)12-17-13-27-8-5-4-6-20(27)24-17/h4-11,13H,12,14H2,1-3H3. The second-order valence-electron chi connectivity index (χ2n) is 7.24. The molecule has 0 fully saturated rings. The summed E-state index contributed by atoms with van der Waals surface area (Å²) >= 11 is 6.19. The third-order valence-corrected chi connectivity index (χ3v) is 5.39. The van der Waals surface area contributed by atoms with Crippen LogP contribution in [0, 0.1) is 13.8 Å². The Hall–Kier alpha value is -3.32. The first-order chi connectivity index (χ1) is 14.4. The molecule has 0 aliphatic heterocycles. The molecule has 4 rings (SSSR count). The summed E-state index contributed by atoms with van der Waals surface area (Å²) in [6, 6.07) is 11.2. The van der Waals surface area contributed by atoms with E-state index in [0.29, 0.717) is 18.0 Å². The quantitative estimate of drug-likeness (QED) is 0.468. The zero-order chi connectivity index (χ0) is 21.3. The minimum atomic E-state index is -0.177. The monoisotopic (exact) mass is 423 g/mol. The zero-order valence-electron chi connectivity index (χ0n) is 17.0. The minimum Gasteiger partial charge on any atom is -0.471 e. The van der Waals surface area contributed by atoms with Crippen molar-refractivity contribution in [3.63, 3.8) is 0 Å². The van der Waals surface area contributed by atoms with Gasteiger partial charge in [-0.1, -0.05) is 17.7 Å². The summed E-state index contributed by atoms with van der Waals surface area (Å²) < 4.78 is 9.31. The molecule has 0 saturated heterocycles. The van der Waals surface area contributed by atoms with Crippen molar-refractivity contribution in [3.05, 3.63) is 82.5 Å². The summed E-state index contributed by atoms with van der Waals surface area (Å²) in [6.07, 6.45) is 5.57. The number of pyridine rings is 1. The summed E-state index contributed by atoms with van der Waals surface area (Å²) in [5.74, 6) is 0.533. The van der Waals surface area contributed by atoms with Crippen molar-refractivity contribution in [2.45, 2.75) is 27.1 Å². The predicted molar refractivity (Wildman–Crippen MR) is 115 cm³/mol. The molecule has 1 aromatic carbocycles. The average molecular weight is 424 g/mol. The highest BCUT2D eigenvalue weighted by molar-refractivity contribution is 6.32. The summed E-state index contributed by atoms with van der Waals surface area (Å²) in [7, 11) is 1.74. The van der Waals surface area contributed by atoms with Gasteiger partial charge in [-0.05, 0) is 55.3 Å². The Morgan fingerprint density at radius 2 is 1.93 bits per heavy atom. The molecular weight excluding hydrogens is 402 g/mol. The third kappa shape index (κ3) is 4.16. The van der Waals surface area contributed by atoms with Crippen molar-refractivity contribution < 1.29 is 9.53 Å². The molecule has 0 radical (unpaired) electrons. The van der Waals surface area contributed by atoms with Crippen LogP contribution in [0.1, 0.15) is 27.3 Å². The van der Waals surface area contributed by atoms with Gasteiger partial charge in [-0.2, -0.15) is 5.10 Å². The van der Waals surface area contributed by atoms with Crippen LogP contribution in [0.2, 0.25) is 5.02 Å². The second kappa shape index (κ2) is 8.20. The SMILES string of the molecule is Cc1cc(OCn2ccc(C(=O)N(C)Cc3cn4ccccc4n3)n2)cc(C)c1Cl. The zero-order valence-corrected chi connectivity index (χ0v) is 17.8. The van der Waals surface area contributed by atoms with E-state index in [1.54, 1.807) is 28.9 Å². The summed E-state index contributed by atoms with van der Waals surface area (Å²) in [6.45, 7) is 4.47. The van der Waals surface area contributed by atoms with E-state index in [4.69, 9.17) is 16.3 Å². The van der Waals surface area contributed by atoms with Crippen molar-refractivity contribution in [1.29, 1.82) is 0 Å². The van der Waals surface area contributed by atoms with Gasteiger partial charge in [0.25, 0.3) is 5.91 Å². The molecule has 8 heteroatoms. The van der Waals surface area contributed by atoms with Crippen molar-refractivity contribution >= 4 is 23.2 Å². The number of hydrogen-bond acceptors (Lipinski definition) is 4. The van der Waals surface area contributed by atoms with Crippen LogP contribution in [0.3, 0.4) is 0 Å². The number of carbonyl (C=O) groups is 1. The van der Waals surface area contributed by atoms with Gasteiger partial charge in [0.1, 0.15) is 11.4 Å². The first-order valence-corrected chi connectivity index (χ1v) is 9.89. The fraction of sp³-hybridized carbons (Fsp3) is 0.227. The van der Waals surface area contributed by atoms with E-state index in [2.05, 4.69) is 10.1 Å². The van der Waals surface area contributed by atoms with Gasteiger partial charge in [-0.3, -0.25) is 4.79 Å². The molecule has 7 nitrogen and oxygen atoms in total. The number of carbonyl (C=O) groups excluding carboxylic acids is 1. The molecule has 4 aromatic rings. The van der Waals surface area contributed by atoms with E-state index >= 15 is 0 Å². The second-order valence-corrected chi connectivity index (χ2v) is 7.62. The van der Waals surface area contributed by atoms with Crippen LogP contribution < -0.4 is 4.74 Å². The molecule has 0 unspecified atom stereocenters. The van der Waals surface area contributed by atoms with Crippen LogP contribution in [-0.2, 0) is 13.3 Å². The number of hydrogen-bond donors (Lipinski definition) is 0. The molecule has 0 aliphatic rings. The van der Waals surface area contributed by atoms with Gasteiger partial charge < -0.3 is 14.0 Å². The molecule has 0 spiro atoms. The van der Waals surface area contributed by atoms with Gasteiger partial charge in [-0.15, -0.1) is 0 Å². The Labute approximate surface area is 179 Å². The number of fused-ring (bicyclic) bond motifs is 1. The van der Waals surface area contributed by atoms with Crippen LogP contribution >= 0.6 is 11.6 Å². The first-order valence-electron chi connectivity index (χ1n) is 9.52. The number of aromatic nitrogens is 4. The van der Waals surface area contributed by atoms with Gasteiger partial charge in [0.2, 0.25) is 0 Å². The molecule has 0 aliphatic carbocycles. The lowest BCUT2D eigenvalue weighted by Crippen LogP contribution is -2.27. The van der Waals surface area contributed by atoms with Gasteiger partial charge in [-0.25, -0.2) is 9.67 Å². The van der Waals surface area contributed by atoms with Crippen LogP contribution in [0.25, 0.3) is 5.65 Å². The molecule has 0 atom stereocenters. The Bertz CT molecular complexity index is 1160. The summed E-state index contributed by atoms with van der Waals surface area (Å²) in [5, 5.41) is 5.08. The van der Waals surface area contributed by atoms with Crippen LogP contribution in [0.5, 0.6) is 5.75 Å². The van der Waals surface area contributed by atoms with Crippen molar-refractivity contribution in [1.82, 2.24) is 24.1 Å². The lowest BCUT2D eigenvalue weighted by atomic mass is 10.1. The number of aryl methyl sites for hydroxylation is 2. The van der Waals surface area contributed by atoms with Crippen molar-refractivity contribution in [3.8, 4) is 5.75 Å². The van der Waals surface area contributed by atoms with E-state index in [-0.39, 0.29) is 12.6 Å². The van der Waals surface area contributed by atoms with E-state index in [0.717, 1.165) is 27.5 Å². The number of halogens is 1. The van der Waals surface area contributed by atoms with Crippen molar-refractivity contribution in [2.24, 2.45) is 0 Å². The maximum atomic E-state index is 12.7. The molecule has 154 valence electrons. The predicted octanol–water partition coefficient (Wildman–Crippen LogP) is 4.11. The number of rotatable bonds is 6. The minimum absolute atomic E-state index is 0.177. The van der Waals surface area contributed by atoms with E-state index in [1.807, 2.05) is 61.0 Å². The van der Waals surface area contributed by atoms with Gasteiger partial charge in [0.15, 0.2) is 12.4 Å². The largest absolute Gasteiger partial charge is 0.471 e. The third-order valence-electron chi connectivity index (χ3n) is 4.79. The molecule has 30 heavy (non-hydrogen) atoms. The number of imidazole rings is 1. The van der Waals surface area contributed by atoms with Crippen LogP contribution in [-0.4, -0.2) is 37.0 Å². The summed E-state index contributed by atoms with van der Waals surface area (Å²) in [4.78, 5) is 18.9. The number of benzene rings is 1. The average Bonchev–Trinajstić information content (AvgIpc) is 3.36. The maximum absolute atomic E-state index is 12.7. The topological polar surface area (TPSA) is 64.7 Å². The van der Waals surface area contributed by atoms with Crippen molar-refractivity contribution in [2.75, 3.05) is 7.05 Å². The van der Waals surface area contributed by atoms with Crippen LogP contribution in [0.15, 0.2) is 55.0 Å². The lowest BCUT2D eigenvalue weighted by Gasteiger charge is -2.14. The van der Waals surface area contributed by atoms with Gasteiger partial charge in [0, 0.05) is 30.7 Å². The number of ether oxygens (including phenoxy) is 1. The van der Waals surface area contributed by atoms with Gasteiger partial charge >= 0.3 is 0 Å². The van der Waals surface area contributed by atoms with E-state index in [1.165, 1.54) is 0 Å². The molecule has 0 saturated carbocycles. The first kappa shape index (κ1) is 20.0. The highest BCUT2D eigenvalue weighted by Gasteiger charge is 2.16. The molecular formula is C22H22ClN5O2. The maximum Gasteiger partial charge on any atom is 0.274 e. The molecule has 0 bridgehead atoms. The molecule has 3 aromatic heterocycles. The molecule has 0 N–H and O–H groups in total. The highest BCUT2D eigenvalue weighted by atomic mass is 35.5. The smallest absolute Gasteiger partial charge is 0.274 e. The molecule has 3 heterocycles. The van der Waals surface area contributed by atoms with E-state index in [9.17, 15) is 4.79 Å². The highest BCUT2D eigenvalue weighted by Crippen LogP contribution is 2.26. The Kier molecular flexibility index (Phi) is 5.46. The Balaban J connectivity index is 1.39. The normalized spacial score (nSPS) is 11.1. The Morgan fingerprint density at radius 1 is 1.17 bits per heavy atom. The number of amides is 1. The van der Waals surface area contributed by atoms with E-state index < -0.39 is 0 Å². The summed E-state index contributed by atoms with van der Waals surface area (Å²) in [5.41, 5.74) is 3.93. The number of nitrogens with zero attached hydrogens (tertiary/aromatic N) is 5. The fourth-order valence-corrected chi connectivity index (χ4v) is 3.36. The lowest BCUT2D eigenvalue weighted by molar-refractivity contribution is 0.0775.